The lowest BCUT2D eigenvalue weighted by Gasteiger charge is -2.07. The number of benzene rings is 2. The normalized spacial score (nSPS) is 17.9. The van der Waals surface area contributed by atoms with Crippen LogP contribution in [0.3, 0.4) is 0 Å². The van der Waals surface area contributed by atoms with Crippen molar-refractivity contribution in [1.82, 2.24) is 0 Å². The fourth-order valence-corrected chi connectivity index (χ4v) is 3.10. The van der Waals surface area contributed by atoms with Crippen LogP contribution < -0.4 is 9.47 Å². The second kappa shape index (κ2) is 7.32. The summed E-state index contributed by atoms with van der Waals surface area (Å²) in [6.07, 6.45) is 4.78. The Morgan fingerprint density at radius 1 is 0.654 bits per heavy atom. The van der Waals surface area contributed by atoms with Crippen LogP contribution in [0.25, 0.3) is 0 Å². The van der Waals surface area contributed by atoms with E-state index in [2.05, 4.69) is 24.3 Å². The monoisotopic (exact) mass is 348 g/mol. The van der Waals surface area contributed by atoms with Crippen molar-refractivity contribution in [1.29, 1.82) is 0 Å². The summed E-state index contributed by atoms with van der Waals surface area (Å²) in [4.78, 5) is 0. The highest BCUT2D eigenvalue weighted by Crippen LogP contribution is 2.36. The highest BCUT2D eigenvalue weighted by Gasteiger charge is 2.31. The molecule has 0 aliphatic heterocycles. The molecular formula is C22H24N2O2. The van der Waals surface area contributed by atoms with Gasteiger partial charge in [0.2, 0.25) is 0 Å². The number of methoxy groups -OCH3 is 2. The number of hydrogen-bond donors (Lipinski definition) is 0. The van der Waals surface area contributed by atoms with Gasteiger partial charge in [-0.15, -0.1) is 0 Å². The highest BCUT2D eigenvalue weighted by molar-refractivity contribution is 6.06. The maximum absolute atomic E-state index is 5.26. The molecule has 2 aromatic rings. The van der Waals surface area contributed by atoms with Gasteiger partial charge >= 0.3 is 0 Å². The zero-order chi connectivity index (χ0) is 17.9. The third-order valence-corrected chi connectivity index (χ3v) is 4.97. The van der Waals surface area contributed by atoms with Crippen molar-refractivity contribution >= 4 is 11.4 Å². The summed E-state index contributed by atoms with van der Waals surface area (Å²) in [5.74, 6) is 2.79. The summed E-state index contributed by atoms with van der Waals surface area (Å²) < 4.78 is 10.5. The molecule has 2 fully saturated rings. The molecule has 26 heavy (non-hydrogen) atoms. The van der Waals surface area contributed by atoms with Gasteiger partial charge in [0.25, 0.3) is 0 Å². The predicted molar refractivity (Wildman–Crippen MR) is 105 cm³/mol. The average molecular weight is 348 g/mol. The smallest absolute Gasteiger partial charge is 0.118 e. The highest BCUT2D eigenvalue weighted by atomic mass is 16.5. The molecule has 134 valence electrons. The van der Waals surface area contributed by atoms with Crippen molar-refractivity contribution in [2.45, 2.75) is 25.7 Å². The molecule has 0 heterocycles. The minimum Gasteiger partial charge on any atom is -0.497 e. The van der Waals surface area contributed by atoms with Crippen LogP contribution in [0.4, 0.5) is 0 Å². The Hall–Kier alpha value is -2.62. The van der Waals surface area contributed by atoms with Crippen molar-refractivity contribution < 1.29 is 9.47 Å². The van der Waals surface area contributed by atoms with Gasteiger partial charge in [-0.1, -0.05) is 0 Å². The van der Waals surface area contributed by atoms with Crippen molar-refractivity contribution in [3.63, 3.8) is 0 Å². The van der Waals surface area contributed by atoms with E-state index >= 15 is 0 Å². The second-order valence-electron chi connectivity index (χ2n) is 6.98. The van der Waals surface area contributed by atoms with E-state index in [1.54, 1.807) is 14.2 Å². The summed E-state index contributed by atoms with van der Waals surface area (Å²) >= 11 is 0. The Bertz CT molecular complexity index is 743. The van der Waals surface area contributed by atoms with Crippen LogP contribution in [0.5, 0.6) is 11.5 Å². The first-order valence-electron chi connectivity index (χ1n) is 9.23. The van der Waals surface area contributed by atoms with Crippen LogP contribution in [0.2, 0.25) is 0 Å². The number of nitrogens with zero attached hydrogens (tertiary/aromatic N) is 2. The molecule has 0 saturated heterocycles. The largest absolute Gasteiger partial charge is 0.497 e. The van der Waals surface area contributed by atoms with Crippen LogP contribution >= 0.6 is 0 Å². The van der Waals surface area contributed by atoms with E-state index in [4.69, 9.17) is 19.7 Å². The Morgan fingerprint density at radius 3 is 1.27 bits per heavy atom. The van der Waals surface area contributed by atoms with Gasteiger partial charge in [-0.2, -0.15) is 10.2 Å². The molecule has 0 bridgehead atoms. The van der Waals surface area contributed by atoms with Crippen LogP contribution in [0.1, 0.15) is 36.8 Å². The Labute approximate surface area is 154 Å². The zero-order valence-electron chi connectivity index (χ0n) is 15.3. The van der Waals surface area contributed by atoms with Crippen molar-refractivity contribution in [2.24, 2.45) is 22.0 Å². The van der Waals surface area contributed by atoms with Crippen LogP contribution in [-0.2, 0) is 0 Å². The number of rotatable bonds is 7. The summed E-state index contributed by atoms with van der Waals surface area (Å²) in [7, 11) is 3.37. The first-order chi connectivity index (χ1) is 12.8. The minimum atomic E-state index is 0.531. The Morgan fingerprint density at radius 2 is 1.00 bits per heavy atom. The van der Waals surface area contributed by atoms with Gasteiger partial charge in [-0.25, -0.2) is 0 Å². The lowest BCUT2D eigenvalue weighted by Crippen LogP contribution is -2.06. The molecule has 0 aromatic heterocycles. The summed E-state index contributed by atoms with van der Waals surface area (Å²) in [5, 5.41) is 9.45. The molecule has 4 heteroatoms. The topological polar surface area (TPSA) is 43.2 Å². The van der Waals surface area contributed by atoms with Gasteiger partial charge in [0.15, 0.2) is 0 Å². The van der Waals surface area contributed by atoms with Gasteiger partial charge in [0.1, 0.15) is 11.5 Å². The third kappa shape index (κ3) is 3.79. The molecule has 0 N–H and O–H groups in total. The SMILES string of the molecule is COc1ccc(/C(=N/N=C(/c2ccc(OC)cc2)C2CC2)C2CC2)cc1. The zero-order valence-corrected chi connectivity index (χ0v) is 15.3. The fraction of sp³-hybridized carbons (Fsp3) is 0.364. The van der Waals surface area contributed by atoms with Crippen molar-refractivity contribution in [3.05, 3.63) is 59.7 Å². The molecule has 0 atom stereocenters. The van der Waals surface area contributed by atoms with Gasteiger partial charge in [-0.3, -0.25) is 0 Å². The quantitative estimate of drug-likeness (QED) is 0.537. The van der Waals surface area contributed by atoms with E-state index in [-0.39, 0.29) is 0 Å². The van der Waals surface area contributed by atoms with Crippen LogP contribution in [-0.4, -0.2) is 25.6 Å². The lowest BCUT2D eigenvalue weighted by atomic mass is 10.1. The van der Waals surface area contributed by atoms with Gasteiger partial charge in [0, 0.05) is 11.8 Å². The minimum absolute atomic E-state index is 0.531. The first-order valence-corrected chi connectivity index (χ1v) is 9.23. The standard InChI is InChI=1S/C22H24N2O2/c1-25-19-11-7-17(8-12-19)21(15-3-4-15)23-24-22(16-5-6-16)18-9-13-20(26-2)14-10-18/h7-16H,3-6H2,1-2H3/b23-21+,24-22+. The maximum atomic E-state index is 5.26. The van der Waals surface area contributed by atoms with Crippen LogP contribution in [0, 0.1) is 11.8 Å². The summed E-state index contributed by atoms with van der Waals surface area (Å²) in [6, 6.07) is 16.3. The average Bonchev–Trinajstić information content (AvgIpc) is 3.59. The van der Waals surface area contributed by atoms with Gasteiger partial charge in [-0.05, 0) is 85.3 Å². The molecule has 0 amide bonds. The molecule has 0 unspecified atom stereocenters. The maximum Gasteiger partial charge on any atom is 0.118 e. The summed E-state index contributed by atoms with van der Waals surface area (Å²) in [5.41, 5.74) is 4.47. The van der Waals surface area contributed by atoms with E-state index in [0.29, 0.717) is 11.8 Å². The van der Waals surface area contributed by atoms with Crippen molar-refractivity contribution in [2.75, 3.05) is 14.2 Å². The molecule has 0 radical (unpaired) electrons. The Balaban J connectivity index is 1.65. The number of hydrogen-bond acceptors (Lipinski definition) is 4. The third-order valence-electron chi connectivity index (χ3n) is 4.97. The molecule has 2 saturated carbocycles. The second-order valence-corrected chi connectivity index (χ2v) is 6.98. The molecule has 4 nitrogen and oxygen atoms in total. The molecule has 0 spiro atoms. The molecule has 2 aromatic carbocycles. The van der Waals surface area contributed by atoms with Gasteiger partial charge in [0.05, 0.1) is 25.6 Å². The molecular weight excluding hydrogens is 324 g/mol. The van der Waals surface area contributed by atoms with Gasteiger partial charge < -0.3 is 9.47 Å². The summed E-state index contributed by atoms with van der Waals surface area (Å²) in [6.45, 7) is 0. The van der Waals surface area contributed by atoms with E-state index in [0.717, 1.165) is 34.0 Å². The van der Waals surface area contributed by atoms with Crippen LogP contribution in [0.15, 0.2) is 58.7 Å². The fourth-order valence-electron chi connectivity index (χ4n) is 3.10. The molecule has 2 aliphatic rings. The van der Waals surface area contributed by atoms with E-state index in [1.807, 2.05) is 24.3 Å². The van der Waals surface area contributed by atoms with E-state index < -0.39 is 0 Å². The number of ether oxygens (including phenoxy) is 2. The Kier molecular flexibility index (Phi) is 4.74. The lowest BCUT2D eigenvalue weighted by molar-refractivity contribution is 0.414. The van der Waals surface area contributed by atoms with Crippen molar-refractivity contribution in [3.8, 4) is 11.5 Å². The predicted octanol–water partition coefficient (Wildman–Crippen LogP) is 4.72. The first kappa shape index (κ1) is 16.8. The van der Waals surface area contributed by atoms with E-state index in [9.17, 15) is 0 Å². The molecule has 2 aliphatic carbocycles. The van der Waals surface area contributed by atoms with E-state index in [1.165, 1.54) is 25.7 Å². The molecule has 4 rings (SSSR count).